The van der Waals surface area contributed by atoms with Gasteiger partial charge in [0.05, 0.1) is 0 Å². The van der Waals surface area contributed by atoms with Gasteiger partial charge in [0.15, 0.2) is 5.96 Å². The summed E-state index contributed by atoms with van der Waals surface area (Å²) < 4.78 is 2.16. The van der Waals surface area contributed by atoms with Gasteiger partial charge in [0, 0.05) is 38.4 Å². The fourth-order valence-corrected chi connectivity index (χ4v) is 2.80. The van der Waals surface area contributed by atoms with Crippen molar-refractivity contribution in [2.75, 3.05) is 13.1 Å². The fourth-order valence-electron chi connectivity index (χ4n) is 2.80. The summed E-state index contributed by atoms with van der Waals surface area (Å²) in [6.45, 7) is 2.22. The van der Waals surface area contributed by atoms with Crippen LogP contribution in [0.25, 0.3) is 0 Å². The predicted octanol–water partition coefficient (Wildman–Crippen LogP) is 3.24. The maximum Gasteiger partial charge on any atom is 0.188 e. The number of benzene rings is 2. The van der Waals surface area contributed by atoms with Crippen LogP contribution in [-0.4, -0.2) is 28.6 Å². The van der Waals surface area contributed by atoms with E-state index in [1.807, 2.05) is 36.7 Å². The van der Waals surface area contributed by atoms with Crippen LogP contribution in [-0.2, 0) is 19.4 Å². The minimum absolute atomic E-state index is 0. The lowest BCUT2D eigenvalue weighted by Crippen LogP contribution is -2.33. The molecule has 2 aromatic carbocycles. The van der Waals surface area contributed by atoms with Crippen molar-refractivity contribution >= 4 is 29.9 Å². The van der Waals surface area contributed by atoms with Crippen LogP contribution in [0.15, 0.2) is 78.0 Å². The number of nitrogens with zero attached hydrogens (tertiary/aromatic N) is 3. The molecule has 0 amide bonds. The van der Waals surface area contributed by atoms with Gasteiger partial charge in [-0.1, -0.05) is 60.7 Å². The smallest absolute Gasteiger partial charge is 0.188 e. The van der Waals surface area contributed by atoms with Crippen LogP contribution >= 0.6 is 24.0 Å². The van der Waals surface area contributed by atoms with Crippen LogP contribution in [0.3, 0.4) is 0 Å². The van der Waals surface area contributed by atoms with Crippen LogP contribution in [0.1, 0.15) is 17.0 Å². The third-order valence-corrected chi connectivity index (χ3v) is 4.18. The number of hydrogen-bond donors (Lipinski definition) is 2. The number of imidazole rings is 1. The number of aromatic nitrogens is 2. The molecule has 142 valence electrons. The highest BCUT2D eigenvalue weighted by atomic mass is 127. The van der Waals surface area contributed by atoms with Gasteiger partial charge in [-0.15, -0.1) is 24.0 Å². The molecule has 1 aromatic heterocycles. The average molecular weight is 475 g/mol. The van der Waals surface area contributed by atoms with E-state index in [1.54, 1.807) is 0 Å². The number of nitrogens with one attached hydrogen (secondary N) is 1. The van der Waals surface area contributed by atoms with Crippen LogP contribution in [0, 0.1) is 0 Å². The summed E-state index contributed by atoms with van der Waals surface area (Å²) in [5.74, 6) is 1.51. The van der Waals surface area contributed by atoms with Gasteiger partial charge in [0.25, 0.3) is 0 Å². The van der Waals surface area contributed by atoms with E-state index < -0.39 is 0 Å². The van der Waals surface area contributed by atoms with Crippen molar-refractivity contribution in [3.05, 3.63) is 90.0 Å². The van der Waals surface area contributed by atoms with E-state index in [0.29, 0.717) is 12.5 Å². The first kappa shape index (κ1) is 21.0. The highest BCUT2D eigenvalue weighted by molar-refractivity contribution is 14.0. The molecular weight excluding hydrogens is 449 g/mol. The summed E-state index contributed by atoms with van der Waals surface area (Å²) in [6, 6.07) is 20.7. The van der Waals surface area contributed by atoms with Gasteiger partial charge in [-0.25, -0.2) is 4.98 Å². The molecule has 0 aliphatic rings. The predicted molar refractivity (Wildman–Crippen MR) is 122 cm³/mol. The number of halogens is 1. The molecule has 0 atom stereocenters. The largest absolute Gasteiger partial charge is 0.370 e. The second-order valence-electron chi connectivity index (χ2n) is 6.14. The van der Waals surface area contributed by atoms with Gasteiger partial charge in [-0.05, 0) is 17.5 Å². The third-order valence-electron chi connectivity index (χ3n) is 4.18. The number of rotatable bonds is 8. The Bertz CT molecular complexity index is 815. The van der Waals surface area contributed by atoms with Crippen molar-refractivity contribution in [3.8, 4) is 0 Å². The van der Waals surface area contributed by atoms with E-state index in [4.69, 9.17) is 5.73 Å². The van der Waals surface area contributed by atoms with Gasteiger partial charge < -0.3 is 15.6 Å². The molecule has 6 heteroatoms. The van der Waals surface area contributed by atoms with E-state index in [9.17, 15) is 0 Å². The number of aliphatic imine (C=N–C) groups is 1. The maximum absolute atomic E-state index is 5.95. The lowest BCUT2D eigenvalue weighted by atomic mass is 10.1. The van der Waals surface area contributed by atoms with Gasteiger partial charge in [-0.3, -0.25) is 4.99 Å². The van der Waals surface area contributed by atoms with E-state index >= 15 is 0 Å². The third kappa shape index (κ3) is 7.05. The topological polar surface area (TPSA) is 68.2 Å². The molecule has 1 heterocycles. The molecule has 5 nitrogen and oxygen atoms in total. The molecule has 0 bridgehead atoms. The first-order chi connectivity index (χ1) is 12.8. The molecule has 0 saturated carbocycles. The van der Waals surface area contributed by atoms with E-state index in [1.165, 1.54) is 11.1 Å². The fraction of sp³-hybridized carbons (Fsp3) is 0.238. The Morgan fingerprint density at radius 1 is 0.963 bits per heavy atom. The lowest BCUT2D eigenvalue weighted by Gasteiger charge is -2.08. The van der Waals surface area contributed by atoms with E-state index in [-0.39, 0.29) is 24.0 Å². The zero-order valence-corrected chi connectivity index (χ0v) is 17.6. The molecule has 3 N–H and O–H groups in total. The monoisotopic (exact) mass is 475 g/mol. The van der Waals surface area contributed by atoms with E-state index in [0.717, 1.165) is 31.8 Å². The number of hydrogen-bond acceptors (Lipinski definition) is 2. The maximum atomic E-state index is 5.95. The normalized spacial score (nSPS) is 11.0. The van der Waals surface area contributed by atoms with Crippen molar-refractivity contribution in [2.24, 2.45) is 10.7 Å². The Labute approximate surface area is 177 Å². The van der Waals surface area contributed by atoms with E-state index in [2.05, 4.69) is 56.3 Å². The molecule has 0 aliphatic carbocycles. The summed E-state index contributed by atoms with van der Waals surface area (Å²) in [5.41, 5.74) is 8.50. The standard InChI is InChI=1S/C21H25N5.HI/c22-21(24-13-11-18-7-3-1-4-8-18)25-14-12-20-23-15-16-26(20)17-19-9-5-2-6-10-19;/h1-10,15-16H,11-14,17H2,(H3,22,24,25);1H. The van der Waals surface area contributed by atoms with Crippen LogP contribution < -0.4 is 11.1 Å². The molecule has 0 saturated heterocycles. The number of nitrogens with two attached hydrogens (primary N) is 1. The zero-order chi connectivity index (χ0) is 18.0. The van der Waals surface area contributed by atoms with Crippen LogP contribution in [0.2, 0.25) is 0 Å². The Morgan fingerprint density at radius 2 is 1.63 bits per heavy atom. The lowest BCUT2D eigenvalue weighted by molar-refractivity contribution is 0.715. The van der Waals surface area contributed by atoms with Crippen molar-refractivity contribution in [2.45, 2.75) is 19.4 Å². The van der Waals surface area contributed by atoms with Crippen LogP contribution in [0.4, 0.5) is 0 Å². The quantitative estimate of drug-likeness (QED) is 0.299. The van der Waals surface area contributed by atoms with Crippen LogP contribution in [0.5, 0.6) is 0 Å². The van der Waals surface area contributed by atoms with Crippen molar-refractivity contribution in [3.63, 3.8) is 0 Å². The molecular formula is C21H26IN5. The Balaban J connectivity index is 0.00000261. The number of guanidine groups is 1. The minimum Gasteiger partial charge on any atom is -0.370 e. The summed E-state index contributed by atoms with van der Waals surface area (Å²) in [6.07, 6.45) is 5.54. The van der Waals surface area contributed by atoms with Gasteiger partial charge in [0.1, 0.15) is 5.82 Å². The Kier molecular flexibility index (Phi) is 8.83. The summed E-state index contributed by atoms with van der Waals surface area (Å²) in [4.78, 5) is 8.85. The molecule has 0 radical (unpaired) electrons. The first-order valence-corrected chi connectivity index (χ1v) is 8.93. The first-order valence-electron chi connectivity index (χ1n) is 8.93. The van der Waals surface area contributed by atoms with Gasteiger partial charge in [-0.2, -0.15) is 0 Å². The molecule has 0 spiro atoms. The molecule has 27 heavy (non-hydrogen) atoms. The second-order valence-corrected chi connectivity index (χ2v) is 6.14. The SMILES string of the molecule is I.NC(=NCCc1nccn1Cc1ccccc1)NCCc1ccccc1. The molecule has 3 rings (SSSR count). The Hall–Kier alpha value is -2.35. The minimum atomic E-state index is 0. The van der Waals surface area contributed by atoms with Crippen molar-refractivity contribution in [1.29, 1.82) is 0 Å². The van der Waals surface area contributed by atoms with Crippen molar-refractivity contribution < 1.29 is 0 Å². The highest BCUT2D eigenvalue weighted by Crippen LogP contribution is 2.06. The Morgan fingerprint density at radius 3 is 2.33 bits per heavy atom. The summed E-state index contributed by atoms with van der Waals surface area (Å²) >= 11 is 0. The molecule has 0 unspecified atom stereocenters. The summed E-state index contributed by atoms with van der Waals surface area (Å²) in [5, 5.41) is 3.17. The molecule has 0 aliphatic heterocycles. The highest BCUT2D eigenvalue weighted by Gasteiger charge is 2.03. The molecule has 3 aromatic rings. The van der Waals surface area contributed by atoms with Gasteiger partial charge in [0.2, 0.25) is 0 Å². The second kappa shape index (κ2) is 11.4. The zero-order valence-electron chi connectivity index (χ0n) is 15.3. The molecule has 0 fully saturated rings. The van der Waals surface area contributed by atoms with Gasteiger partial charge >= 0.3 is 0 Å². The average Bonchev–Trinajstić information content (AvgIpc) is 3.10. The van der Waals surface area contributed by atoms with Crippen molar-refractivity contribution in [1.82, 2.24) is 14.9 Å². The summed E-state index contributed by atoms with van der Waals surface area (Å²) in [7, 11) is 0.